The van der Waals surface area contributed by atoms with Crippen LogP contribution in [-0.4, -0.2) is 21.9 Å². The molecule has 1 aliphatic carbocycles. The molecule has 0 saturated carbocycles. The van der Waals surface area contributed by atoms with Crippen molar-refractivity contribution in [3.05, 3.63) is 24.1 Å². The highest BCUT2D eigenvalue weighted by Crippen LogP contribution is 2.28. The Labute approximate surface area is 67.8 Å². The highest BCUT2D eigenvalue weighted by atomic mass is 19.1. The van der Waals surface area contributed by atoms with E-state index in [1.807, 2.05) is 0 Å². The van der Waals surface area contributed by atoms with E-state index in [4.69, 9.17) is 15.9 Å². The minimum absolute atomic E-state index is 0.894. The van der Waals surface area contributed by atoms with Gasteiger partial charge in [0.1, 0.15) is 11.7 Å². The van der Waals surface area contributed by atoms with Crippen LogP contribution in [0.3, 0.4) is 0 Å². The number of aliphatic hydroxyl groups is 2. The van der Waals surface area contributed by atoms with Gasteiger partial charge in [-0.25, -0.2) is 4.39 Å². The maximum atomic E-state index is 12.8. The maximum Gasteiger partial charge on any atom is 0.233 e. The highest BCUT2D eigenvalue weighted by molar-refractivity contribution is 5.81. The van der Waals surface area contributed by atoms with Crippen LogP contribution in [0.5, 0.6) is 0 Å². The first-order valence-corrected chi connectivity index (χ1v) is 3.24. The Bertz CT molecular complexity index is 270. The lowest BCUT2D eigenvalue weighted by molar-refractivity contribution is -0.166. The molecule has 12 heavy (non-hydrogen) atoms. The molecule has 5 heteroatoms. The lowest BCUT2D eigenvalue weighted by Gasteiger charge is -2.26. The van der Waals surface area contributed by atoms with Crippen LogP contribution in [0.2, 0.25) is 0 Å². The lowest BCUT2D eigenvalue weighted by atomic mass is 9.92. The molecule has 1 unspecified atom stereocenters. The van der Waals surface area contributed by atoms with E-state index in [-0.39, 0.29) is 0 Å². The van der Waals surface area contributed by atoms with Crippen molar-refractivity contribution in [2.75, 3.05) is 0 Å². The van der Waals surface area contributed by atoms with Crippen molar-refractivity contribution in [2.24, 2.45) is 11.7 Å². The molecule has 0 aliphatic heterocycles. The fourth-order valence-electron chi connectivity index (χ4n) is 1.02. The van der Waals surface area contributed by atoms with Crippen LogP contribution in [0.1, 0.15) is 0 Å². The van der Waals surface area contributed by atoms with Crippen molar-refractivity contribution in [3.63, 3.8) is 0 Å². The predicted octanol–water partition coefficient (Wildman–Crippen LogP) is -0.808. The van der Waals surface area contributed by atoms with Gasteiger partial charge >= 0.3 is 0 Å². The summed E-state index contributed by atoms with van der Waals surface area (Å²) in [6, 6.07) is 0. The van der Waals surface area contributed by atoms with Crippen molar-refractivity contribution in [1.82, 2.24) is 0 Å². The SMILES string of the molecule is NC(=O)C1C(F)=CC=CC1(O)O. The molecule has 1 atom stereocenters. The summed E-state index contributed by atoms with van der Waals surface area (Å²) in [6.07, 6.45) is 2.96. The molecular formula is C7H8FNO3. The van der Waals surface area contributed by atoms with Crippen LogP contribution in [0.4, 0.5) is 4.39 Å². The van der Waals surface area contributed by atoms with Gasteiger partial charge in [-0.05, 0) is 12.2 Å². The average Bonchev–Trinajstić information content (AvgIpc) is 1.82. The van der Waals surface area contributed by atoms with E-state index in [0.717, 1.165) is 18.2 Å². The molecule has 0 fully saturated rings. The number of rotatable bonds is 1. The van der Waals surface area contributed by atoms with Gasteiger partial charge in [0, 0.05) is 0 Å². The smallest absolute Gasteiger partial charge is 0.233 e. The zero-order valence-electron chi connectivity index (χ0n) is 6.07. The molecule has 66 valence electrons. The van der Waals surface area contributed by atoms with Gasteiger partial charge in [0.05, 0.1) is 0 Å². The zero-order chi connectivity index (χ0) is 9.35. The van der Waals surface area contributed by atoms with E-state index >= 15 is 0 Å². The molecule has 1 rings (SSSR count). The van der Waals surface area contributed by atoms with Gasteiger partial charge in [0.15, 0.2) is 0 Å². The second kappa shape index (κ2) is 2.69. The number of amides is 1. The fraction of sp³-hybridized carbons (Fsp3) is 0.286. The summed E-state index contributed by atoms with van der Waals surface area (Å²) in [4.78, 5) is 10.6. The topological polar surface area (TPSA) is 83.6 Å². The summed E-state index contributed by atoms with van der Waals surface area (Å²) in [5, 5.41) is 18.1. The molecule has 0 aromatic heterocycles. The van der Waals surface area contributed by atoms with Crippen LogP contribution in [0, 0.1) is 5.92 Å². The molecule has 0 aromatic carbocycles. The molecule has 0 bridgehead atoms. The number of primary amides is 1. The Kier molecular flexibility index (Phi) is 1.99. The van der Waals surface area contributed by atoms with Gasteiger partial charge in [-0.15, -0.1) is 0 Å². The molecule has 0 radical (unpaired) electrons. The third kappa shape index (κ3) is 1.37. The average molecular weight is 173 g/mol. The number of carbonyl (C=O) groups is 1. The van der Waals surface area contributed by atoms with Crippen LogP contribution in [0.25, 0.3) is 0 Å². The predicted molar refractivity (Wildman–Crippen MR) is 38.2 cm³/mol. The summed E-state index contributed by atoms with van der Waals surface area (Å²) in [5.41, 5.74) is 4.76. The molecule has 1 aliphatic rings. The van der Waals surface area contributed by atoms with E-state index < -0.39 is 23.4 Å². The molecular weight excluding hydrogens is 165 g/mol. The third-order valence-electron chi connectivity index (χ3n) is 1.58. The number of hydrogen-bond acceptors (Lipinski definition) is 3. The van der Waals surface area contributed by atoms with E-state index in [1.165, 1.54) is 0 Å². The Morgan fingerprint density at radius 3 is 2.58 bits per heavy atom. The van der Waals surface area contributed by atoms with Crippen molar-refractivity contribution in [2.45, 2.75) is 5.79 Å². The second-order valence-electron chi connectivity index (χ2n) is 2.53. The monoisotopic (exact) mass is 173 g/mol. The Hall–Kier alpha value is -1.20. The van der Waals surface area contributed by atoms with Crippen molar-refractivity contribution in [1.29, 1.82) is 0 Å². The summed E-state index contributed by atoms with van der Waals surface area (Å²) < 4.78 is 12.8. The van der Waals surface area contributed by atoms with Gasteiger partial charge in [-0.2, -0.15) is 0 Å². The Balaban J connectivity index is 3.03. The minimum atomic E-state index is -2.51. The fourth-order valence-corrected chi connectivity index (χ4v) is 1.02. The van der Waals surface area contributed by atoms with Gasteiger partial charge in [0.25, 0.3) is 0 Å². The first kappa shape index (κ1) is 8.89. The van der Waals surface area contributed by atoms with E-state index in [9.17, 15) is 9.18 Å². The number of halogens is 1. The van der Waals surface area contributed by atoms with Gasteiger partial charge in [-0.1, -0.05) is 6.08 Å². The highest BCUT2D eigenvalue weighted by Gasteiger charge is 2.41. The summed E-state index contributed by atoms with van der Waals surface area (Å²) in [7, 11) is 0. The standard InChI is InChI=1S/C7H8FNO3/c8-4-2-1-3-7(11,12)5(4)6(9)10/h1-3,5,11-12H,(H2,9,10). The van der Waals surface area contributed by atoms with E-state index in [1.54, 1.807) is 0 Å². The summed E-state index contributed by atoms with van der Waals surface area (Å²) >= 11 is 0. The van der Waals surface area contributed by atoms with Crippen molar-refractivity contribution in [3.8, 4) is 0 Å². The first-order chi connectivity index (χ1) is 5.45. The number of nitrogens with two attached hydrogens (primary N) is 1. The normalized spacial score (nSPS) is 26.6. The molecule has 4 N–H and O–H groups in total. The minimum Gasteiger partial charge on any atom is -0.369 e. The summed E-state index contributed by atoms with van der Waals surface area (Å²) in [5.74, 6) is -6.28. The van der Waals surface area contributed by atoms with Crippen LogP contribution < -0.4 is 5.73 Å². The molecule has 1 amide bonds. The molecule has 0 spiro atoms. The quantitative estimate of drug-likeness (QED) is 0.453. The van der Waals surface area contributed by atoms with E-state index in [2.05, 4.69) is 0 Å². The molecule has 0 heterocycles. The second-order valence-corrected chi connectivity index (χ2v) is 2.53. The van der Waals surface area contributed by atoms with Gasteiger partial charge in [0.2, 0.25) is 11.7 Å². The number of carbonyl (C=O) groups excluding carboxylic acids is 1. The Morgan fingerprint density at radius 2 is 2.25 bits per heavy atom. The molecule has 0 aromatic rings. The first-order valence-electron chi connectivity index (χ1n) is 3.24. The number of allylic oxidation sites excluding steroid dienone is 2. The number of hydrogen-bond donors (Lipinski definition) is 3. The van der Waals surface area contributed by atoms with Gasteiger partial charge in [-0.3, -0.25) is 4.79 Å². The van der Waals surface area contributed by atoms with Crippen molar-refractivity contribution >= 4 is 5.91 Å². The molecule has 0 saturated heterocycles. The van der Waals surface area contributed by atoms with Crippen LogP contribution in [-0.2, 0) is 4.79 Å². The largest absolute Gasteiger partial charge is 0.369 e. The maximum absolute atomic E-state index is 12.8. The zero-order valence-corrected chi connectivity index (χ0v) is 6.07. The van der Waals surface area contributed by atoms with Crippen LogP contribution >= 0.6 is 0 Å². The molecule has 4 nitrogen and oxygen atoms in total. The van der Waals surface area contributed by atoms with E-state index in [0.29, 0.717) is 0 Å². The van der Waals surface area contributed by atoms with Crippen LogP contribution in [0.15, 0.2) is 24.1 Å². The van der Waals surface area contributed by atoms with Crippen molar-refractivity contribution < 1.29 is 19.4 Å². The Morgan fingerprint density at radius 1 is 1.67 bits per heavy atom. The van der Waals surface area contributed by atoms with Gasteiger partial charge < -0.3 is 15.9 Å². The lowest BCUT2D eigenvalue weighted by Crippen LogP contribution is -2.45. The summed E-state index contributed by atoms with van der Waals surface area (Å²) in [6.45, 7) is 0. The third-order valence-corrected chi connectivity index (χ3v) is 1.58.